The van der Waals surface area contributed by atoms with Crippen LogP contribution < -0.4 is 19.9 Å². The molecule has 186 valence electrons. The summed E-state index contributed by atoms with van der Waals surface area (Å²) >= 11 is 0. The Bertz CT molecular complexity index is 1620. The van der Waals surface area contributed by atoms with Crippen LogP contribution in [0.1, 0.15) is 51.2 Å². The molecule has 0 radical (unpaired) electrons. The maximum atomic E-state index is 13.1. The maximum Gasteiger partial charge on any atom is 0.379 e. The second kappa shape index (κ2) is 9.40. The molecule has 1 aliphatic rings. The van der Waals surface area contributed by atoms with Gasteiger partial charge in [0.1, 0.15) is 34.5 Å². The molecule has 37 heavy (non-hydrogen) atoms. The van der Waals surface area contributed by atoms with Crippen molar-refractivity contribution in [3.05, 3.63) is 99.6 Å². The summed E-state index contributed by atoms with van der Waals surface area (Å²) in [6.45, 7) is 8.19. The molecule has 0 bridgehead atoms. The number of para-hydroxylation sites is 1. The molecule has 0 amide bonds. The molecule has 0 aliphatic carbocycles. The average molecular weight is 495 g/mol. The summed E-state index contributed by atoms with van der Waals surface area (Å²) in [5.74, 6) is 0.356. The molecule has 2 N–H and O–H groups in total. The van der Waals surface area contributed by atoms with E-state index in [0.717, 1.165) is 27.6 Å². The molecule has 5 rings (SSSR count). The molecule has 7 heteroatoms. The number of nitrogens with zero attached hydrogens (tertiary/aromatic N) is 1. The number of ether oxygens (including phenoxy) is 3. The van der Waals surface area contributed by atoms with Gasteiger partial charge in [0.25, 0.3) is 0 Å². The van der Waals surface area contributed by atoms with E-state index in [1.165, 1.54) is 0 Å². The molecule has 1 aliphatic heterocycles. The van der Waals surface area contributed by atoms with Crippen molar-refractivity contribution >= 4 is 16.9 Å². The Kier molecular flexibility index (Phi) is 6.10. The van der Waals surface area contributed by atoms with Gasteiger partial charge in [-0.15, -0.1) is 0 Å². The van der Waals surface area contributed by atoms with Gasteiger partial charge in [0.05, 0.1) is 12.5 Å². The van der Waals surface area contributed by atoms with Crippen molar-refractivity contribution < 1.29 is 23.4 Å². The van der Waals surface area contributed by atoms with E-state index in [1.54, 1.807) is 18.2 Å². The van der Waals surface area contributed by atoms with Gasteiger partial charge in [0.15, 0.2) is 0 Å². The number of furan rings is 1. The molecule has 0 spiro atoms. The minimum Gasteiger partial charge on any atom is -0.494 e. The minimum absolute atomic E-state index is 0.00579. The summed E-state index contributed by atoms with van der Waals surface area (Å²) in [6.07, 6.45) is 0. The number of nitrogens with two attached hydrogens (primary N) is 1. The van der Waals surface area contributed by atoms with E-state index in [9.17, 15) is 10.1 Å². The number of rotatable bonds is 5. The van der Waals surface area contributed by atoms with Crippen LogP contribution in [0.25, 0.3) is 11.0 Å². The predicted octanol–water partition coefficient (Wildman–Crippen LogP) is 6.19. The van der Waals surface area contributed by atoms with Gasteiger partial charge in [-0.3, -0.25) is 0 Å². The normalized spacial score (nSPS) is 14.6. The molecule has 2 heterocycles. The standard InChI is InChI=1S/C30H26N2O5/c1-5-34-23-9-7-6-8-20(23)27-21-11-10-19(14-24(21)37-29(32)22(27)15-31)35-30(33)28-18(4)26-17(3)12-16(2)13-25(26)36-28/h6-14,27H,5,32H2,1-4H3. The van der Waals surface area contributed by atoms with E-state index >= 15 is 0 Å². The Balaban J connectivity index is 1.51. The van der Waals surface area contributed by atoms with Crippen molar-refractivity contribution in [3.8, 4) is 23.3 Å². The highest BCUT2D eigenvalue weighted by molar-refractivity contribution is 5.98. The summed E-state index contributed by atoms with van der Waals surface area (Å²) in [5.41, 5.74) is 11.4. The van der Waals surface area contributed by atoms with Crippen molar-refractivity contribution in [2.45, 2.75) is 33.6 Å². The fraction of sp³-hybridized carbons (Fsp3) is 0.200. The fourth-order valence-electron chi connectivity index (χ4n) is 4.96. The zero-order valence-electron chi connectivity index (χ0n) is 21.0. The minimum atomic E-state index is -0.610. The van der Waals surface area contributed by atoms with Gasteiger partial charge in [-0.05, 0) is 57.0 Å². The molecule has 1 unspecified atom stereocenters. The second-order valence-corrected chi connectivity index (χ2v) is 9.00. The third-order valence-corrected chi connectivity index (χ3v) is 6.49. The lowest BCUT2D eigenvalue weighted by atomic mass is 9.83. The first-order chi connectivity index (χ1) is 17.8. The predicted molar refractivity (Wildman–Crippen MR) is 139 cm³/mol. The largest absolute Gasteiger partial charge is 0.494 e. The van der Waals surface area contributed by atoms with Crippen LogP contribution >= 0.6 is 0 Å². The number of fused-ring (bicyclic) bond motifs is 2. The van der Waals surface area contributed by atoms with Gasteiger partial charge in [-0.25, -0.2) is 4.79 Å². The first-order valence-corrected chi connectivity index (χ1v) is 12.0. The van der Waals surface area contributed by atoms with E-state index in [-0.39, 0.29) is 23.0 Å². The number of allylic oxidation sites excluding steroid dienone is 1. The van der Waals surface area contributed by atoms with Crippen molar-refractivity contribution in [2.75, 3.05) is 6.61 Å². The highest BCUT2D eigenvalue weighted by Crippen LogP contribution is 2.46. The lowest BCUT2D eigenvalue weighted by Gasteiger charge is -2.27. The van der Waals surface area contributed by atoms with Gasteiger partial charge in [0.2, 0.25) is 11.6 Å². The van der Waals surface area contributed by atoms with E-state index < -0.39 is 11.9 Å². The highest BCUT2D eigenvalue weighted by atomic mass is 16.5. The van der Waals surface area contributed by atoms with Gasteiger partial charge < -0.3 is 24.4 Å². The van der Waals surface area contributed by atoms with Crippen LogP contribution in [-0.4, -0.2) is 12.6 Å². The summed E-state index contributed by atoms with van der Waals surface area (Å²) in [6, 6.07) is 18.7. The van der Waals surface area contributed by atoms with Crippen LogP contribution in [-0.2, 0) is 0 Å². The Labute approximate surface area is 214 Å². The van der Waals surface area contributed by atoms with E-state index in [4.69, 9.17) is 24.4 Å². The van der Waals surface area contributed by atoms with E-state index in [2.05, 4.69) is 6.07 Å². The average Bonchev–Trinajstić information content (AvgIpc) is 3.20. The number of esters is 1. The number of aryl methyl sites for hydroxylation is 3. The third-order valence-electron chi connectivity index (χ3n) is 6.49. The molecule has 7 nitrogen and oxygen atoms in total. The smallest absolute Gasteiger partial charge is 0.379 e. The number of carbonyl (C=O) groups excluding carboxylic acids is 1. The Morgan fingerprint density at radius 3 is 2.62 bits per heavy atom. The second-order valence-electron chi connectivity index (χ2n) is 9.00. The number of carbonyl (C=O) groups is 1. The lowest BCUT2D eigenvalue weighted by molar-refractivity contribution is 0.0702. The zero-order chi connectivity index (χ0) is 26.3. The molecule has 0 saturated carbocycles. The maximum absolute atomic E-state index is 13.1. The molecule has 0 fully saturated rings. The van der Waals surface area contributed by atoms with Crippen LogP contribution in [0.15, 0.2) is 70.5 Å². The van der Waals surface area contributed by atoms with Gasteiger partial charge in [-0.2, -0.15) is 5.26 Å². The summed E-state index contributed by atoms with van der Waals surface area (Å²) < 4.78 is 23.2. The number of nitriles is 1. The van der Waals surface area contributed by atoms with E-state index in [1.807, 2.05) is 64.1 Å². The van der Waals surface area contributed by atoms with Crippen LogP contribution in [0.4, 0.5) is 0 Å². The SMILES string of the molecule is CCOc1ccccc1C1C(C#N)=C(N)Oc2cc(OC(=O)c3oc4cc(C)cc(C)c4c3C)ccc21. The zero-order valence-corrected chi connectivity index (χ0v) is 21.0. The molecule has 0 saturated heterocycles. The van der Waals surface area contributed by atoms with Crippen molar-refractivity contribution in [2.24, 2.45) is 5.73 Å². The monoisotopic (exact) mass is 494 g/mol. The fourth-order valence-corrected chi connectivity index (χ4v) is 4.96. The van der Waals surface area contributed by atoms with E-state index in [0.29, 0.717) is 29.3 Å². The quantitative estimate of drug-likeness (QED) is 0.260. The number of hydrogen-bond donors (Lipinski definition) is 1. The number of hydrogen-bond acceptors (Lipinski definition) is 7. The summed E-state index contributed by atoms with van der Waals surface area (Å²) in [7, 11) is 0. The van der Waals surface area contributed by atoms with Crippen molar-refractivity contribution in [1.29, 1.82) is 5.26 Å². The lowest BCUT2D eigenvalue weighted by Crippen LogP contribution is -2.21. The number of benzene rings is 3. The van der Waals surface area contributed by atoms with Crippen molar-refractivity contribution in [1.82, 2.24) is 0 Å². The molecular weight excluding hydrogens is 468 g/mol. The van der Waals surface area contributed by atoms with Gasteiger partial charge in [-0.1, -0.05) is 30.3 Å². The Morgan fingerprint density at radius 1 is 1.08 bits per heavy atom. The Hall–Kier alpha value is -4.70. The van der Waals surface area contributed by atoms with Gasteiger partial charge in [0, 0.05) is 28.1 Å². The van der Waals surface area contributed by atoms with Crippen molar-refractivity contribution in [3.63, 3.8) is 0 Å². The molecule has 1 aromatic heterocycles. The third kappa shape index (κ3) is 4.17. The highest BCUT2D eigenvalue weighted by Gasteiger charge is 2.33. The topological polar surface area (TPSA) is 108 Å². The van der Waals surface area contributed by atoms with Crippen LogP contribution in [0, 0.1) is 32.1 Å². The van der Waals surface area contributed by atoms with Crippen LogP contribution in [0.3, 0.4) is 0 Å². The molecule has 3 aromatic carbocycles. The van der Waals surface area contributed by atoms with Crippen LogP contribution in [0.2, 0.25) is 0 Å². The molecular formula is C30H26N2O5. The molecule has 1 atom stereocenters. The Morgan fingerprint density at radius 2 is 1.86 bits per heavy atom. The summed E-state index contributed by atoms with van der Waals surface area (Å²) in [4.78, 5) is 13.1. The molecule has 4 aromatic rings. The van der Waals surface area contributed by atoms with Gasteiger partial charge >= 0.3 is 5.97 Å². The summed E-state index contributed by atoms with van der Waals surface area (Å²) in [5, 5.41) is 10.8. The first-order valence-electron chi connectivity index (χ1n) is 12.0. The van der Waals surface area contributed by atoms with Crippen LogP contribution in [0.5, 0.6) is 17.2 Å². The first kappa shape index (κ1) is 24.0.